The molecule has 0 saturated carbocycles. The molecule has 1 aromatic heterocycles. The van der Waals surface area contributed by atoms with Crippen molar-refractivity contribution in [1.82, 2.24) is 4.98 Å². The number of carboxylic acids is 1. The van der Waals surface area contributed by atoms with Crippen LogP contribution >= 0.6 is 11.3 Å². The summed E-state index contributed by atoms with van der Waals surface area (Å²) in [6.07, 6.45) is 0.733. The lowest BCUT2D eigenvalue weighted by Crippen LogP contribution is -2.11. The van der Waals surface area contributed by atoms with E-state index in [1.165, 1.54) is 17.4 Å². The van der Waals surface area contributed by atoms with Crippen molar-refractivity contribution in [3.63, 3.8) is 0 Å². The molecule has 0 amide bonds. The molecule has 0 atom stereocenters. The Morgan fingerprint density at radius 3 is 3.00 bits per heavy atom. The highest BCUT2D eigenvalue weighted by Gasteiger charge is 2.11. The first kappa shape index (κ1) is 12.4. The first-order valence-electron chi connectivity index (χ1n) is 5.41. The number of aromatic carboxylic acids is 1. The third-order valence-electron chi connectivity index (χ3n) is 2.49. The van der Waals surface area contributed by atoms with Crippen LogP contribution in [0.15, 0.2) is 29.1 Å². The molecular weight excluding hydrogens is 250 g/mol. The molecular formula is C12H13N3O2S. The molecule has 18 heavy (non-hydrogen) atoms. The average Bonchev–Trinajstić information content (AvgIpc) is 2.84. The van der Waals surface area contributed by atoms with E-state index in [0.717, 1.165) is 12.1 Å². The lowest BCUT2D eigenvalue weighted by molar-refractivity contribution is 0.0698. The van der Waals surface area contributed by atoms with Gasteiger partial charge in [-0.1, -0.05) is 6.07 Å². The summed E-state index contributed by atoms with van der Waals surface area (Å²) in [5.41, 5.74) is 9.64. The maximum absolute atomic E-state index is 11.1. The Kier molecular flexibility index (Phi) is 3.78. The molecule has 0 fully saturated rings. The van der Waals surface area contributed by atoms with Crippen molar-refractivity contribution in [2.24, 2.45) is 0 Å². The Hall–Kier alpha value is -2.08. The van der Waals surface area contributed by atoms with Gasteiger partial charge in [0, 0.05) is 18.3 Å². The highest BCUT2D eigenvalue weighted by molar-refractivity contribution is 7.07. The number of benzene rings is 1. The number of hydrogen-bond acceptors (Lipinski definition) is 5. The van der Waals surface area contributed by atoms with Gasteiger partial charge in [-0.2, -0.15) is 0 Å². The minimum absolute atomic E-state index is 0.188. The molecule has 0 aliphatic heterocycles. The molecule has 1 heterocycles. The monoisotopic (exact) mass is 263 g/mol. The number of nitrogens with one attached hydrogen (secondary N) is 1. The summed E-state index contributed by atoms with van der Waals surface area (Å²) in [6, 6.07) is 4.84. The van der Waals surface area contributed by atoms with Gasteiger partial charge in [-0.25, -0.2) is 9.78 Å². The number of nitrogens with zero attached hydrogens (tertiary/aromatic N) is 1. The Bertz CT molecular complexity index is 540. The number of nitrogen functional groups attached to an aromatic ring is 1. The third kappa shape index (κ3) is 2.78. The van der Waals surface area contributed by atoms with Gasteiger partial charge in [0.15, 0.2) is 0 Å². The van der Waals surface area contributed by atoms with E-state index in [2.05, 4.69) is 10.3 Å². The number of carbonyl (C=O) groups is 1. The molecule has 0 unspecified atom stereocenters. The molecule has 5 nitrogen and oxygen atoms in total. The summed E-state index contributed by atoms with van der Waals surface area (Å²) in [4.78, 5) is 15.2. The number of carboxylic acid groups (broad SMARTS) is 1. The molecule has 0 bridgehead atoms. The SMILES string of the molecule is Nc1cccc(C(=O)O)c1NCCc1cscn1. The summed E-state index contributed by atoms with van der Waals surface area (Å²) in [5.74, 6) is -0.988. The molecule has 1 aromatic carbocycles. The summed E-state index contributed by atoms with van der Waals surface area (Å²) < 4.78 is 0. The van der Waals surface area contributed by atoms with Crippen molar-refractivity contribution in [1.29, 1.82) is 0 Å². The Morgan fingerprint density at radius 2 is 2.33 bits per heavy atom. The quantitative estimate of drug-likeness (QED) is 0.719. The number of nitrogens with two attached hydrogens (primary N) is 1. The van der Waals surface area contributed by atoms with E-state index < -0.39 is 5.97 Å². The number of aromatic nitrogens is 1. The normalized spacial score (nSPS) is 10.2. The molecule has 0 saturated heterocycles. The number of hydrogen-bond donors (Lipinski definition) is 3. The Balaban J connectivity index is 2.06. The number of rotatable bonds is 5. The zero-order chi connectivity index (χ0) is 13.0. The fourth-order valence-electron chi connectivity index (χ4n) is 1.62. The molecule has 4 N–H and O–H groups in total. The van der Waals surface area contributed by atoms with E-state index in [1.54, 1.807) is 17.6 Å². The zero-order valence-electron chi connectivity index (χ0n) is 9.59. The van der Waals surface area contributed by atoms with Crippen molar-refractivity contribution in [3.8, 4) is 0 Å². The fraction of sp³-hybridized carbons (Fsp3) is 0.167. The van der Waals surface area contributed by atoms with Gasteiger partial charge < -0.3 is 16.2 Å². The molecule has 0 radical (unpaired) electrons. The molecule has 0 aliphatic carbocycles. The standard InChI is InChI=1S/C12H13N3O2S/c13-10-3-1-2-9(12(16)17)11(10)14-5-4-8-6-18-7-15-8/h1-3,6-7,14H,4-5,13H2,(H,16,17). The van der Waals surface area contributed by atoms with Gasteiger partial charge in [-0.05, 0) is 12.1 Å². The van der Waals surface area contributed by atoms with Crippen LogP contribution in [0.25, 0.3) is 0 Å². The van der Waals surface area contributed by atoms with Gasteiger partial charge in [0.05, 0.1) is 28.1 Å². The topological polar surface area (TPSA) is 88.2 Å². The van der Waals surface area contributed by atoms with Crippen LogP contribution in [0.5, 0.6) is 0 Å². The lowest BCUT2D eigenvalue weighted by atomic mass is 10.1. The van der Waals surface area contributed by atoms with E-state index in [-0.39, 0.29) is 5.56 Å². The van der Waals surface area contributed by atoms with E-state index >= 15 is 0 Å². The number of para-hydroxylation sites is 1. The predicted molar refractivity (Wildman–Crippen MR) is 72.1 cm³/mol. The van der Waals surface area contributed by atoms with Gasteiger partial charge in [-0.3, -0.25) is 0 Å². The summed E-state index contributed by atoms with van der Waals surface area (Å²) in [7, 11) is 0. The second kappa shape index (κ2) is 5.50. The van der Waals surface area contributed by atoms with Crippen LogP contribution in [0.3, 0.4) is 0 Å². The van der Waals surface area contributed by atoms with Crippen molar-refractivity contribution < 1.29 is 9.90 Å². The molecule has 94 valence electrons. The van der Waals surface area contributed by atoms with Crippen molar-refractivity contribution in [2.75, 3.05) is 17.6 Å². The average molecular weight is 263 g/mol. The van der Waals surface area contributed by atoms with Crippen molar-refractivity contribution >= 4 is 28.7 Å². The predicted octanol–water partition coefficient (Wildman–Crippen LogP) is 2.08. The maximum atomic E-state index is 11.1. The fourth-order valence-corrected chi connectivity index (χ4v) is 2.22. The van der Waals surface area contributed by atoms with E-state index in [9.17, 15) is 4.79 Å². The van der Waals surface area contributed by atoms with Crippen LogP contribution in [0, 0.1) is 0 Å². The number of thiazole rings is 1. The second-order valence-corrected chi connectivity index (χ2v) is 4.45. The minimum Gasteiger partial charge on any atom is -0.478 e. The summed E-state index contributed by atoms with van der Waals surface area (Å²) in [5, 5.41) is 14.1. The largest absolute Gasteiger partial charge is 0.478 e. The van der Waals surface area contributed by atoms with Crippen molar-refractivity contribution in [2.45, 2.75) is 6.42 Å². The van der Waals surface area contributed by atoms with Crippen LogP contribution in [0.1, 0.15) is 16.1 Å². The van der Waals surface area contributed by atoms with E-state index in [0.29, 0.717) is 17.9 Å². The highest BCUT2D eigenvalue weighted by Crippen LogP contribution is 2.23. The van der Waals surface area contributed by atoms with Crippen LogP contribution in [-0.4, -0.2) is 22.6 Å². The molecule has 2 rings (SSSR count). The molecule has 2 aromatic rings. The van der Waals surface area contributed by atoms with Crippen LogP contribution in [0.4, 0.5) is 11.4 Å². The van der Waals surface area contributed by atoms with Crippen LogP contribution < -0.4 is 11.1 Å². The maximum Gasteiger partial charge on any atom is 0.337 e. The van der Waals surface area contributed by atoms with Crippen molar-refractivity contribution in [3.05, 3.63) is 40.3 Å². The van der Waals surface area contributed by atoms with Gasteiger partial charge in [0.1, 0.15) is 0 Å². The highest BCUT2D eigenvalue weighted by atomic mass is 32.1. The lowest BCUT2D eigenvalue weighted by Gasteiger charge is -2.11. The molecule has 6 heteroatoms. The smallest absolute Gasteiger partial charge is 0.337 e. The minimum atomic E-state index is -0.988. The Labute approximate surface area is 108 Å². The van der Waals surface area contributed by atoms with Crippen LogP contribution in [0.2, 0.25) is 0 Å². The third-order valence-corrected chi connectivity index (χ3v) is 3.13. The van der Waals surface area contributed by atoms with E-state index in [1.807, 2.05) is 5.38 Å². The first-order valence-corrected chi connectivity index (χ1v) is 6.35. The van der Waals surface area contributed by atoms with Crippen LogP contribution in [-0.2, 0) is 6.42 Å². The summed E-state index contributed by atoms with van der Waals surface area (Å²) in [6.45, 7) is 0.595. The van der Waals surface area contributed by atoms with Gasteiger partial charge in [0.2, 0.25) is 0 Å². The number of anilines is 2. The van der Waals surface area contributed by atoms with Gasteiger partial charge >= 0.3 is 5.97 Å². The zero-order valence-corrected chi connectivity index (χ0v) is 10.4. The second-order valence-electron chi connectivity index (χ2n) is 3.73. The van der Waals surface area contributed by atoms with Gasteiger partial charge in [0.25, 0.3) is 0 Å². The first-order chi connectivity index (χ1) is 8.68. The Morgan fingerprint density at radius 1 is 1.50 bits per heavy atom. The van der Waals surface area contributed by atoms with E-state index in [4.69, 9.17) is 10.8 Å². The molecule has 0 aliphatic rings. The van der Waals surface area contributed by atoms with Gasteiger partial charge in [-0.15, -0.1) is 11.3 Å². The molecule has 0 spiro atoms. The summed E-state index contributed by atoms with van der Waals surface area (Å²) >= 11 is 1.54.